The van der Waals surface area contributed by atoms with Crippen molar-refractivity contribution in [2.24, 2.45) is 0 Å². The van der Waals surface area contributed by atoms with E-state index < -0.39 is 20.1 Å². The fourth-order valence-electron chi connectivity index (χ4n) is 3.49. The minimum Gasteiger partial charge on any atom is -0.494 e. The van der Waals surface area contributed by atoms with E-state index in [1.54, 1.807) is 42.5 Å². The van der Waals surface area contributed by atoms with Gasteiger partial charge >= 0.3 is 0 Å². The highest BCUT2D eigenvalue weighted by Crippen LogP contribution is 2.32. The summed E-state index contributed by atoms with van der Waals surface area (Å²) < 4.78 is 63.9. The average molecular weight is 524 g/mol. The van der Waals surface area contributed by atoms with Crippen LogP contribution in [0.5, 0.6) is 5.75 Å². The maximum Gasteiger partial charge on any atom is 0.264 e. The molecule has 1 heterocycles. The number of aryl methyl sites for hydroxylation is 1. The van der Waals surface area contributed by atoms with Gasteiger partial charge in [0.25, 0.3) is 10.1 Å². The molecule has 1 aromatic heterocycles. The third-order valence-electron chi connectivity index (χ3n) is 5.02. The first-order valence-corrected chi connectivity index (χ1v) is 14.8. The largest absolute Gasteiger partial charge is 0.494 e. The Morgan fingerprint density at radius 2 is 1.69 bits per heavy atom. The number of carbonyl (C=O) groups excluding carboxylic acids is 1. The van der Waals surface area contributed by atoms with E-state index in [0.29, 0.717) is 52.1 Å². The number of hydrogen-bond acceptors (Lipinski definition) is 8. The van der Waals surface area contributed by atoms with E-state index in [9.17, 15) is 21.6 Å². The lowest BCUT2D eigenvalue weighted by molar-refractivity contribution is 0.103. The molecule has 0 aliphatic carbocycles. The molecular weight excluding hydrogens is 494 g/mol. The average Bonchev–Trinajstić information content (AvgIpc) is 3.13. The zero-order valence-electron chi connectivity index (χ0n) is 19.9. The Labute approximate surface area is 205 Å². The molecule has 0 aliphatic heterocycles. The summed E-state index contributed by atoms with van der Waals surface area (Å²) in [6.07, 6.45) is 4.78. The predicted octanol–water partition coefficient (Wildman–Crippen LogP) is 4.12. The topological polar surface area (TPSA) is 129 Å². The number of ether oxygens (including phenoxy) is 1. The van der Waals surface area contributed by atoms with Gasteiger partial charge < -0.3 is 9.15 Å². The van der Waals surface area contributed by atoms with E-state index in [0.717, 1.165) is 25.4 Å². The molecule has 35 heavy (non-hydrogen) atoms. The molecule has 0 aliphatic rings. The molecule has 0 unspecified atom stereocenters. The molecule has 9 nitrogen and oxygen atoms in total. The van der Waals surface area contributed by atoms with Crippen molar-refractivity contribution in [1.82, 2.24) is 0 Å². The normalized spacial score (nSPS) is 12.1. The number of rotatable bonds is 13. The van der Waals surface area contributed by atoms with Gasteiger partial charge in [-0.3, -0.25) is 13.7 Å². The molecule has 0 saturated carbocycles. The lowest BCUT2D eigenvalue weighted by Gasteiger charge is -2.08. The van der Waals surface area contributed by atoms with Crippen molar-refractivity contribution >= 4 is 42.6 Å². The first kappa shape index (κ1) is 26.7. The van der Waals surface area contributed by atoms with Crippen LogP contribution in [0.25, 0.3) is 11.0 Å². The van der Waals surface area contributed by atoms with Crippen LogP contribution in [0.1, 0.15) is 47.9 Å². The summed E-state index contributed by atoms with van der Waals surface area (Å²) in [5.41, 5.74) is 1.70. The fraction of sp³-hybridized carbons (Fsp3) is 0.375. The highest BCUT2D eigenvalue weighted by molar-refractivity contribution is 7.92. The number of sulfonamides is 1. The van der Waals surface area contributed by atoms with Crippen LogP contribution in [0.15, 0.2) is 46.9 Å². The van der Waals surface area contributed by atoms with Crippen LogP contribution in [-0.2, 0) is 30.7 Å². The van der Waals surface area contributed by atoms with E-state index in [1.165, 1.54) is 0 Å². The second-order valence-corrected chi connectivity index (χ2v) is 11.6. The standard InChI is InChI=1S/C24H29NO8S2/c1-4-5-7-22-23(20-16-18(25-34(2,27)28)10-13-21(20)33-22)24(26)17-8-11-19(12-9-17)31-14-6-15-32-35(3,29)30/h8-13,16,25H,4-7,14-15H2,1-3H3. The predicted molar refractivity (Wildman–Crippen MR) is 134 cm³/mol. The van der Waals surface area contributed by atoms with Crippen molar-refractivity contribution in [1.29, 1.82) is 0 Å². The zero-order valence-corrected chi connectivity index (χ0v) is 21.5. The lowest BCUT2D eigenvalue weighted by Crippen LogP contribution is -2.09. The molecule has 0 fully saturated rings. The number of benzene rings is 2. The van der Waals surface area contributed by atoms with E-state index in [-0.39, 0.29) is 19.0 Å². The Balaban J connectivity index is 1.82. The molecule has 3 aromatic rings. The maximum atomic E-state index is 13.5. The first-order chi connectivity index (χ1) is 16.5. The third kappa shape index (κ3) is 7.81. The van der Waals surface area contributed by atoms with E-state index in [2.05, 4.69) is 8.91 Å². The summed E-state index contributed by atoms with van der Waals surface area (Å²) in [6, 6.07) is 11.5. The molecule has 11 heteroatoms. The van der Waals surface area contributed by atoms with Gasteiger partial charge in [-0.1, -0.05) is 13.3 Å². The monoisotopic (exact) mass is 523 g/mol. The van der Waals surface area contributed by atoms with Crippen LogP contribution in [0.2, 0.25) is 0 Å². The van der Waals surface area contributed by atoms with Crippen molar-refractivity contribution in [2.45, 2.75) is 32.6 Å². The van der Waals surface area contributed by atoms with Gasteiger partial charge in [-0.2, -0.15) is 8.42 Å². The van der Waals surface area contributed by atoms with Gasteiger partial charge in [0.1, 0.15) is 17.1 Å². The van der Waals surface area contributed by atoms with E-state index >= 15 is 0 Å². The van der Waals surface area contributed by atoms with Crippen LogP contribution in [0.4, 0.5) is 5.69 Å². The molecule has 0 radical (unpaired) electrons. The van der Waals surface area contributed by atoms with Crippen molar-refractivity contribution in [3.05, 3.63) is 59.4 Å². The molecular formula is C24H29NO8S2. The molecule has 0 saturated heterocycles. The Bertz CT molecular complexity index is 1390. The Hall–Kier alpha value is -2.89. The number of furan rings is 1. The minimum atomic E-state index is -3.48. The number of nitrogens with one attached hydrogen (secondary N) is 1. The van der Waals surface area contributed by atoms with Crippen LogP contribution >= 0.6 is 0 Å². The van der Waals surface area contributed by atoms with Gasteiger partial charge in [0.2, 0.25) is 10.0 Å². The maximum absolute atomic E-state index is 13.5. The molecule has 2 aromatic carbocycles. The highest BCUT2D eigenvalue weighted by Gasteiger charge is 2.22. The summed E-state index contributed by atoms with van der Waals surface area (Å²) in [6.45, 7) is 2.33. The van der Waals surface area contributed by atoms with Crippen molar-refractivity contribution in [3.8, 4) is 5.75 Å². The molecule has 1 N–H and O–H groups in total. The molecule has 0 amide bonds. The Morgan fingerprint density at radius 1 is 0.971 bits per heavy atom. The van der Waals surface area contributed by atoms with Gasteiger partial charge in [-0.25, -0.2) is 8.42 Å². The molecule has 0 bridgehead atoms. The lowest BCUT2D eigenvalue weighted by atomic mass is 9.98. The van der Waals surface area contributed by atoms with Gasteiger partial charge in [-0.05, 0) is 48.9 Å². The molecule has 0 atom stereocenters. The summed E-state index contributed by atoms with van der Waals surface area (Å²) in [5.74, 6) is 0.859. The number of anilines is 1. The minimum absolute atomic E-state index is 0.0275. The molecule has 3 rings (SSSR count). The molecule has 190 valence electrons. The number of unbranched alkanes of at least 4 members (excludes halogenated alkanes) is 1. The van der Waals surface area contributed by atoms with Crippen LogP contribution in [-0.4, -0.2) is 48.3 Å². The van der Waals surface area contributed by atoms with Crippen LogP contribution < -0.4 is 9.46 Å². The Kier molecular flexibility index (Phi) is 8.57. The quantitative estimate of drug-likeness (QED) is 0.201. The summed E-state index contributed by atoms with van der Waals surface area (Å²) >= 11 is 0. The Morgan fingerprint density at radius 3 is 2.31 bits per heavy atom. The second kappa shape index (κ2) is 11.2. The van der Waals surface area contributed by atoms with Crippen molar-refractivity contribution in [2.75, 3.05) is 30.4 Å². The van der Waals surface area contributed by atoms with Crippen LogP contribution in [0, 0.1) is 0 Å². The number of fused-ring (bicyclic) bond motifs is 1. The van der Waals surface area contributed by atoms with Crippen LogP contribution in [0.3, 0.4) is 0 Å². The highest BCUT2D eigenvalue weighted by atomic mass is 32.2. The van der Waals surface area contributed by atoms with E-state index in [4.69, 9.17) is 9.15 Å². The fourth-order valence-corrected chi connectivity index (χ4v) is 4.47. The van der Waals surface area contributed by atoms with Crippen molar-refractivity contribution in [3.63, 3.8) is 0 Å². The van der Waals surface area contributed by atoms with Crippen molar-refractivity contribution < 1.29 is 35.0 Å². The first-order valence-electron chi connectivity index (χ1n) is 11.1. The smallest absolute Gasteiger partial charge is 0.264 e. The SMILES string of the molecule is CCCCc1oc2ccc(NS(C)(=O)=O)cc2c1C(=O)c1ccc(OCCCOS(C)(=O)=O)cc1. The number of ketones is 1. The number of hydrogen-bond donors (Lipinski definition) is 1. The third-order valence-corrected chi connectivity index (χ3v) is 6.22. The summed E-state index contributed by atoms with van der Waals surface area (Å²) in [7, 11) is -6.96. The molecule has 0 spiro atoms. The van der Waals surface area contributed by atoms with Gasteiger partial charge in [0, 0.05) is 29.5 Å². The van der Waals surface area contributed by atoms with Gasteiger partial charge in [0.15, 0.2) is 5.78 Å². The summed E-state index contributed by atoms with van der Waals surface area (Å²) in [4.78, 5) is 13.5. The van der Waals surface area contributed by atoms with Gasteiger partial charge in [-0.15, -0.1) is 0 Å². The van der Waals surface area contributed by atoms with E-state index in [1.807, 2.05) is 6.92 Å². The zero-order chi connectivity index (χ0) is 25.6. The summed E-state index contributed by atoms with van der Waals surface area (Å²) in [5, 5.41) is 0.543. The van der Waals surface area contributed by atoms with Gasteiger partial charge in [0.05, 0.1) is 31.3 Å². The number of carbonyl (C=O) groups is 1. The second-order valence-electron chi connectivity index (χ2n) is 8.17.